The van der Waals surface area contributed by atoms with Crippen molar-refractivity contribution in [3.8, 4) is 5.75 Å². The minimum Gasteiger partial charge on any atom is -0.497 e. The number of nitrogens with zero attached hydrogens (tertiary/aromatic N) is 1. The van der Waals surface area contributed by atoms with Crippen molar-refractivity contribution in [2.45, 2.75) is 38.8 Å². The molecule has 1 aromatic heterocycles. The first-order valence-electron chi connectivity index (χ1n) is 12.4. The molecule has 206 valence electrons. The third-order valence-electron chi connectivity index (χ3n) is 6.24. The molecule has 0 spiro atoms. The summed E-state index contributed by atoms with van der Waals surface area (Å²) in [5.74, 6) is -1.35. The summed E-state index contributed by atoms with van der Waals surface area (Å²) in [6.45, 7) is 5.38. The Morgan fingerprint density at radius 1 is 1.00 bits per heavy atom. The number of rotatable bonds is 11. The van der Waals surface area contributed by atoms with Gasteiger partial charge in [0, 0.05) is 11.2 Å². The topological polar surface area (TPSA) is 114 Å². The van der Waals surface area contributed by atoms with Gasteiger partial charge in [0.05, 0.1) is 31.2 Å². The highest BCUT2D eigenvalue weighted by molar-refractivity contribution is 7.12. The molecule has 0 aliphatic heterocycles. The molecular weight excluding hydrogens is 518 g/mol. The van der Waals surface area contributed by atoms with E-state index in [2.05, 4.69) is 10.6 Å². The van der Waals surface area contributed by atoms with Gasteiger partial charge >= 0.3 is 5.97 Å². The molecule has 3 aromatic rings. The minimum atomic E-state index is -1.11. The largest absolute Gasteiger partial charge is 0.497 e. The van der Waals surface area contributed by atoms with Gasteiger partial charge in [0.1, 0.15) is 11.8 Å². The monoisotopic (exact) mass is 551 g/mol. The summed E-state index contributed by atoms with van der Waals surface area (Å²) in [6, 6.07) is 15.4. The molecule has 9 nitrogen and oxygen atoms in total. The molecule has 0 radical (unpaired) electrons. The maximum Gasteiger partial charge on any atom is 0.337 e. The van der Waals surface area contributed by atoms with E-state index in [4.69, 9.17) is 9.47 Å². The first-order valence-corrected chi connectivity index (χ1v) is 13.3. The predicted molar refractivity (Wildman–Crippen MR) is 150 cm³/mol. The zero-order valence-electron chi connectivity index (χ0n) is 22.6. The average molecular weight is 552 g/mol. The van der Waals surface area contributed by atoms with Crippen LogP contribution in [0.5, 0.6) is 5.75 Å². The summed E-state index contributed by atoms with van der Waals surface area (Å²) >= 11 is 1.26. The lowest BCUT2D eigenvalue weighted by atomic mass is 9.98. The summed E-state index contributed by atoms with van der Waals surface area (Å²) in [5, 5.41) is 7.46. The van der Waals surface area contributed by atoms with Crippen molar-refractivity contribution < 1.29 is 28.7 Å². The molecule has 39 heavy (non-hydrogen) atoms. The van der Waals surface area contributed by atoms with Crippen LogP contribution in [0.1, 0.15) is 58.8 Å². The number of esters is 1. The molecule has 0 unspecified atom stereocenters. The molecule has 3 rings (SSSR count). The quantitative estimate of drug-likeness (QED) is 0.343. The molecule has 0 aliphatic carbocycles. The number of anilines is 1. The zero-order chi connectivity index (χ0) is 28.6. The number of amides is 3. The summed E-state index contributed by atoms with van der Waals surface area (Å²) in [5.41, 5.74) is 0.601. The number of nitrogens with one attached hydrogen (secondary N) is 2. The molecule has 2 aromatic carbocycles. The minimum absolute atomic E-state index is 0.286. The lowest BCUT2D eigenvalue weighted by molar-refractivity contribution is -0.127. The number of carbonyl (C=O) groups excluding carboxylic acids is 4. The highest BCUT2D eigenvalue weighted by Crippen LogP contribution is 2.31. The van der Waals surface area contributed by atoms with Crippen LogP contribution in [0.4, 0.5) is 5.69 Å². The Labute approximate surface area is 232 Å². The molecule has 0 saturated heterocycles. The fraction of sp³-hybridized carbons (Fsp3) is 0.310. The second-order valence-corrected chi connectivity index (χ2v) is 10.3. The van der Waals surface area contributed by atoms with Gasteiger partial charge in [-0.25, -0.2) is 4.79 Å². The van der Waals surface area contributed by atoms with E-state index < -0.39 is 35.3 Å². The van der Waals surface area contributed by atoms with Gasteiger partial charge in [-0.3, -0.25) is 19.3 Å². The third kappa shape index (κ3) is 7.44. The fourth-order valence-corrected chi connectivity index (χ4v) is 4.41. The highest BCUT2D eigenvalue weighted by atomic mass is 32.1. The molecule has 0 fully saturated rings. The maximum absolute atomic E-state index is 13.9. The van der Waals surface area contributed by atoms with Gasteiger partial charge in [-0.05, 0) is 73.7 Å². The van der Waals surface area contributed by atoms with Gasteiger partial charge in [0.25, 0.3) is 5.91 Å². The zero-order valence-corrected chi connectivity index (χ0v) is 23.5. The van der Waals surface area contributed by atoms with Crippen molar-refractivity contribution in [1.29, 1.82) is 0 Å². The summed E-state index contributed by atoms with van der Waals surface area (Å²) in [6.07, 6.45) is 0.655. The van der Waals surface area contributed by atoms with E-state index in [-0.39, 0.29) is 12.1 Å². The number of hydrogen-bond acceptors (Lipinski definition) is 7. The Balaban J connectivity index is 2.08. The average Bonchev–Trinajstić information content (AvgIpc) is 3.49. The number of hydrogen-bond donors (Lipinski definition) is 2. The Hall–Kier alpha value is -4.18. The van der Waals surface area contributed by atoms with Crippen molar-refractivity contribution in [1.82, 2.24) is 10.6 Å². The van der Waals surface area contributed by atoms with Crippen molar-refractivity contribution >= 4 is 40.7 Å². The molecule has 3 amide bonds. The molecule has 1 heterocycles. The normalized spacial score (nSPS) is 11.7. The standard InChI is InChI=1S/C29H33N3O6S/c1-6-29(2,3)31-27(35)25(20-9-7-10-22(17-20)37-4)32(21-14-12-19(13-15-21)28(36)38-5)24(33)18-30-26(34)23-11-8-16-39-23/h7-17,25H,6,18H2,1-5H3,(H,30,34)(H,31,35)/t25-/m1/s1. The molecule has 0 bridgehead atoms. The van der Waals surface area contributed by atoms with Crippen LogP contribution in [-0.4, -0.2) is 50.0 Å². The summed E-state index contributed by atoms with van der Waals surface area (Å²) < 4.78 is 10.2. The van der Waals surface area contributed by atoms with Gasteiger partial charge in [-0.15, -0.1) is 11.3 Å². The van der Waals surface area contributed by atoms with Crippen LogP contribution in [0.15, 0.2) is 66.0 Å². The Morgan fingerprint density at radius 3 is 2.31 bits per heavy atom. The van der Waals surface area contributed by atoms with Crippen molar-refractivity contribution in [2.75, 3.05) is 25.7 Å². The first-order chi connectivity index (χ1) is 18.6. The van der Waals surface area contributed by atoms with Crippen LogP contribution in [-0.2, 0) is 14.3 Å². The van der Waals surface area contributed by atoms with E-state index >= 15 is 0 Å². The van der Waals surface area contributed by atoms with Crippen molar-refractivity contribution in [3.63, 3.8) is 0 Å². The number of benzene rings is 2. The van der Waals surface area contributed by atoms with E-state index in [1.54, 1.807) is 53.9 Å². The second kappa shape index (κ2) is 13.1. The predicted octanol–water partition coefficient (Wildman–Crippen LogP) is 4.35. The van der Waals surface area contributed by atoms with Crippen LogP contribution in [0.3, 0.4) is 0 Å². The first kappa shape index (κ1) is 29.4. The molecule has 1 atom stereocenters. The molecule has 2 N–H and O–H groups in total. The van der Waals surface area contributed by atoms with Gasteiger partial charge in [-0.1, -0.05) is 25.1 Å². The van der Waals surface area contributed by atoms with Crippen LogP contribution in [0.2, 0.25) is 0 Å². The fourth-order valence-electron chi connectivity index (χ4n) is 3.77. The Kier molecular flexibility index (Phi) is 9.84. The lowest BCUT2D eigenvalue weighted by Gasteiger charge is -2.35. The molecule has 0 aliphatic rings. The van der Waals surface area contributed by atoms with E-state index in [0.29, 0.717) is 28.3 Å². The number of thiophene rings is 1. The van der Waals surface area contributed by atoms with Crippen molar-refractivity contribution in [2.24, 2.45) is 0 Å². The maximum atomic E-state index is 13.9. The molecular formula is C29H33N3O6S. The lowest BCUT2D eigenvalue weighted by Crippen LogP contribution is -2.52. The van der Waals surface area contributed by atoms with Crippen molar-refractivity contribution in [3.05, 3.63) is 82.0 Å². The Bertz CT molecular complexity index is 1300. The van der Waals surface area contributed by atoms with Gasteiger partial charge in [0.15, 0.2) is 0 Å². The summed E-state index contributed by atoms with van der Waals surface area (Å²) in [4.78, 5) is 54.1. The number of methoxy groups -OCH3 is 2. The second-order valence-electron chi connectivity index (χ2n) is 9.37. The highest BCUT2D eigenvalue weighted by Gasteiger charge is 2.35. The van der Waals surface area contributed by atoms with Crippen LogP contribution >= 0.6 is 11.3 Å². The van der Waals surface area contributed by atoms with Gasteiger partial charge in [-0.2, -0.15) is 0 Å². The van der Waals surface area contributed by atoms with E-state index in [1.165, 1.54) is 42.6 Å². The van der Waals surface area contributed by atoms with Gasteiger partial charge in [0.2, 0.25) is 11.8 Å². The van der Waals surface area contributed by atoms with E-state index in [0.717, 1.165) is 0 Å². The Morgan fingerprint density at radius 2 is 1.72 bits per heavy atom. The van der Waals surface area contributed by atoms with E-state index in [1.807, 2.05) is 20.8 Å². The number of carbonyl (C=O) groups is 4. The third-order valence-corrected chi connectivity index (χ3v) is 7.11. The van der Waals surface area contributed by atoms with Crippen LogP contribution < -0.4 is 20.3 Å². The SMILES string of the molecule is CCC(C)(C)NC(=O)[C@@H](c1cccc(OC)c1)N(C(=O)CNC(=O)c1cccs1)c1ccc(C(=O)OC)cc1. The van der Waals surface area contributed by atoms with Gasteiger partial charge < -0.3 is 20.1 Å². The summed E-state index contributed by atoms with van der Waals surface area (Å²) in [7, 11) is 2.80. The van der Waals surface area contributed by atoms with E-state index in [9.17, 15) is 19.2 Å². The number of ether oxygens (including phenoxy) is 2. The van der Waals surface area contributed by atoms with Crippen LogP contribution in [0.25, 0.3) is 0 Å². The smallest absolute Gasteiger partial charge is 0.337 e. The van der Waals surface area contributed by atoms with Crippen LogP contribution in [0, 0.1) is 0 Å². The molecule has 10 heteroatoms. The molecule has 0 saturated carbocycles.